The largest absolute Gasteiger partial charge is 0.338 e. The number of carbonyl (C=O) groups excluding carboxylic acids is 1. The molecule has 0 unspecified atom stereocenters. The summed E-state index contributed by atoms with van der Waals surface area (Å²) in [7, 11) is 2.06. The zero-order valence-electron chi connectivity index (χ0n) is 13.9. The van der Waals surface area contributed by atoms with Crippen LogP contribution in [0.15, 0.2) is 18.2 Å². The van der Waals surface area contributed by atoms with Crippen LogP contribution in [-0.2, 0) is 13.5 Å². The molecular weight excluding hydrogens is 276 g/mol. The van der Waals surface area contributed by atoms with Gasteiger partial charge >= 0.3 is 6.03 Å². The molecule has 0 fully saturated rings. The maximum Gasteiger partial charge on any atom is 0.314 e. The Kier molecular flexibility index (Phi) is 5.41. The number of urea groups is 1. The highest BCUT2D eigenvalue weighted by Crippen LogP contribution is 2.21. The van der Waals surface area contributed by atoms with Crippen LogP contribution in [0, 0.1) is 0 Å². The van der Waals surface area contributed by atoms with Crippen LogP contribution in [0.25, 0.3) is 11.0 Å². The summed E-state index contributed by atoms with van der Waals surface area (Å²) in [5.41, 5.74) is 3.37. The molecule has 1 aromatic heterocycles. The normalized spacial score (nSPS) is 11.1. The summed E-state index contributed by atoms with van der Waals surface area (Å²) in [6.07, 6.45) is 1.75. The van der Waals surface area contributed by atoms with E-state index >= 15 is 0 Å². The second-order valence-corrected chi connectivity index (χ2v) is 5.94. The molecule has 0 aliphatic carbocycles. The number of amides is 2. The van der Waals surface area contributed by atoms with Gasteiger partial charge in [0.2, 0.25) is 0 Å². The second kappa shape index (κ2) is 7.29. The number of hydrogen-bond acceptors (Lipinski definition) is 2. The van der Waals surface area contributed by atoms with Crippen LogP contribution in [0.3, 0.4) is 0 Å². The summed E-state index contributed by atoms with van der Waals surface area (Å²) >= 11 is 0. The Balaban J connectivity index is 1.99. The molecule has 0 aliphatic heterocycles. The number of benzene rings is 1. The van der Waals surface area contributed by atoms with Crippen molar-refractivity contribution in [1.82, 2.24) is 20.2 Å². The van der Waals surface area contributed by atoms with Crippen LogP contribution in [-0.4, -0.2) is 28.7 Å². The highest BCUT2D eigenvalue weighted by molar-refractivity contribution is 5.77. The third-order valence-corrected chi connectivity index (χ3v) is 3.73. The molecule has 22 heavy (non-hydrogen) atoms. The van der Waals surface area contributed by atoms with Gasteiger partial charge in [-0.1, -0.05) is 26.8 Å². The summed E-state index contributed by atoms with van der Waals surface area (Å²) < 4.78 is 2.15. The lowest BCUT2D eigenvalue weighted by molar-refractivity contribution is 0.241. The van der Waals surface area contributed by atoms with Gasteiger partial charge in [0.25, 0.3) is 0 Å². The highest BCUT2D eigenvalue weighted by atomic mass is 16.2. The standard InChI is InChI=1S/C17H26N4O/c1-5-9-18-17(22)19-10-8-13-6-7-15-14(11-13)20-16(12(2)3)21(15)4/h6-7,11-12H,5,8-10H2,1-4H3,(H2,18,19,22). The van der Waals surface area contributed by atoms with Crippen molar-refractivity contribution in [2.75, 3.05) is 13.1 Å². The Bertz CT molecular complexity index is 645. The van der Waals surface area contributed by atoms with Crippen molar-refractivity contribution >= 4 is 17.1 Å². The van der Waals surface area contributed by atoms with Gasteiger partial charge in [-0.2, -0.15) is 0 Å². The number of nitrogens with one attached hydrogen (secondary N) is 2. The van der Waals surface area contributed by atoms with Crippen molar-refractivity contribution < 1.29 is 4.79 Å². The Morgan fingerprint density at radius 3 is 2.68 bits per heavy atom. The Labute approximate surface area is 132 Å². The molecule has 0 saturated heterocycles. The first-order valence-corrected chi connectivity index (χ1v) is 7.99. The number of rotatable bonds is 6. The van der Waals surface area contributed by atoms with E-state index in [9.17, 15) is 4.79 Å². The van der Waals surface area contributed by atoms with E-state index in [0.717, 1.165) is 29.7 Å². The molecule has 2 N–H and O–H groups in total. The van der Waals surface area contributed by atoms with Crippen LogP contribution in [0.2, 0.25) is 0 Å². The lowest BCUT2D eigenvalue weighted by Gasteiger charge is -2.07. The maximum atomic E-state index is 11.5. The molecule has 2 aromatic rings. The first-order valence-electron chi connectivity index (χ1n) is 7.99. The van der Waals surface area contributed by atoms with Crippen LogP contribution in [0.5, 0.6) is 0 Å². The molecule has 0 saturated carbocycles. The second-order valence-electron chi connectivity index (χ2n) is 5.94. The molecule has 1 heterocycles. The molecule has 0 spiro atoms. The van der Waals surface area contributed by atoms with Crippen LogP contribution < -0.4 is 10.6 Å². The average Bonchev–Trinajstić information content (AvgIpc) is 2.82. The van der Waals surface area contributed by atoms with Crippen LogP contribution in [0.1, 0.15) is 44.5 Å². The summed E-state index contributed by atoms with van der Waals surface area (Å²) in [6, 6.07) is 6.25. The number of aryl methyl sites for hydroxylation is 1. The van der Waals surface area contributed by atoms with Gasteiger partial charge in [0.1, 0.15) is 5.82 Å². The van der Waals surface area contributed by atoms with Gasteiger partial charge in [0.05, 0.1) is 11.0 Å². The summed E-state index contributed by atoms with van der Waals surface area (Å²) in [4.78, 5) is 16.2. The first kappa shape index (κ1) is 16.3. The fraction of sp³-hybridized carbons (Fsp3) is 0.529. The third kappa shape index (κ3) is 3.78. The van der Waals surface area contributed by atoms with Crippen molar-refractivity contribution in [2.24, 2.45) is 7.05 Å². The fourth-order valence-corrected chi connectivity index (χ4v) is 2.56. The van der Waals surface area contributed by atoms with Crippen LogP contribution in [0.4, 0.5) is 4.79 Å². The molecule has 0 atom stereocenters. The molecule has 2 amide bonds. The van der Waals surface area contributed by atoms with Gasteiger partial charge in [-0.05, 0) is 30.5 Å². The number of carbonyl (C=O) groups is 1. The lowest BCUT2D eigenvalue weighted by Crippen LogP contribution is -2.36. The van der Waals surface area contributed by atoms with Gasteiger partial charge in [0, 0.05) is 26.1 Å². The lowest BCUT2D eigenvalue weighted by atomic mass is 10.1. The monoisotopic (exact) mass is 302 g/mol. The zero-order chi connectivity index (χ0) is 16.1. The van der Waals surface area contributed by atoms with Gasteiger partial charge in [-0.25, -0.2) is 9.78 Å². The van der Waals surface area contributed by atoms with E-state index in [4.69, 9.17) is 4.98 Å². The predicted molar refractivity (Wildman–Crippen MR) is 90.2 cm³/mol. The smallest absolute Gasteiger partial charge is 0.314 e. The van der Waals surface area contributed by atoms with Crippen molar-refractivity contribution in [3.8, 4) is 0 Å². The Morgan fingerprint density at radius 1 is 1.27 bits per heavy atom. The van der Waals surface area contributed by atoms with Gasteiger partial charge in [0.15, 0.2) is 0 Å². The molecule has 120 valence electrons. The van der Waals surface area contributed by atoms with Gasteiger partial charge in [-0.3, -0.25) is 0 Å². The van der Waals surface area contributed by atoms with E-state index in [1.165, 1.54) is 5.56 Å². The van der Waals surface area contributed by atoms with E-state index in [1.807, 2.05) is 6.92 Å². The maximum absolute atomic E-state index is 11.5. The van der Waals surface area contributed by atoms with E-state index in [2.05, 4.69) is 54.3 Å². The molecule has 0 radical (unpaired) electrons. The van der Waals surface area contributed by atoms with Gasteiger partial charge in [-0.15, -0.1) is 0 Å². The minimum atomic E-state index is -0.0946. The average molecular weight is 302 g/mol. The number of fused-ring (bicyclic) bond motifs is 1. The molecule has 0 bridgehead atoms. The molecule has 5 nitrogen and oxygen atoms in total. The number of aromatic nitrogens is 2. The SMILES string of the molecule is CCCNC(=O)NCCc1ccc2c(c1)nc(C(C)C)n2C. The molecule has 2 rings (SSSR count). The molecule has 5 heteroatoms. The minimum Gasteiger partial charge on any atom is -0.338 e. The number of nitrogens with zero attached hydrogens (tertiary/aromatic N) is 2. The minimum absolute atomic E-state index is 0.0946. The highest BCUT2D eigenvalue weighted by Gasteiger charge is 2.11. The molecule has 0 aliphatic rings. The van der Waals surface area contributed by atoms with Gasteiger partial charge < -0.3 is 15.2 Å². The zero-order valence-corrected chi connectivity index (χ0v) is 13.9. The third-order valence-electron chi connectivity index (χ3n) is 3.73. The summed E-state index contributed by atoms with van der Waals surface area (Å²) in [5, 5.41) is 5.68. The predicted octanol–water partition coefficient (Wildman–Crippen LogP) is 2.95. The summed E-state index contributed by atoms with van der Waals surface area (Å²) in [6.45, 7) is 7.68. The number of hydrogen-bond donors (Lipinski definition) is 2. The first-order chi connectivity index (χ1) is 10.5. The topological polar surface area (TPSA) is 59.0 Å². The quantitative estimate of drug-likeness (QED) is 0.862. The van der Waals surface area contributed by atoms with E-state index in [0.29, 0.717) is 19.0 Å². The van der Waals surface area contributed by atoms with Crippen molar-refractivity contribution in [3.05, 3.63) is 29.6 Å². The Hall–Kier alpha value is -2.04. The van der Waals surface area contributed by atoms with Crippen LogP contribution >= 0.6 is 0 Å². The molecule has 1 aromatic carbocycles. The summed E-state index contributed by atoms with van der Waals surface area (Å²) in [5.74, 6) is 1.51. The number of imidazole rings is 1. The van der Waals surface area contributed by atoms with Crippen molar-refractivity contribution in [2.45, 2.75) is 39.5 Å². The van der Waals surface area contributed by atoms with E-state index in [1.54, 1.807) is 0 Å². The van der Waals surface area contributed by atoms with Crippen molar-refractivity contribution in [1.29, 1.82) is 0 Å². The van der Waals surface area contributed by atoms with E-state index in [-0.39, 0.29) is 6.03 Å². The molecular formula is C17H26N4O. The fourth-order valence-electron chi connectivity index (χ4n) is 2.56. The van der Waals surface area contributed by atoms with Crippen molar-refractivity contribution in [3.63, 3.8) is 0 Å². The van der Waals surface area contributed by atoms with E-state index < -0.39 is 0 Å². The Morgan fingerprint density at radius 2 is 2.00 bits per heavy atom.